The molecule has 0 spiro atoms. The van der Waals surface area contributed by atoms with Gasteiger partial charge in [0.15, 0.2) is 0 Å². The Bertz CT molecular complexity index is 543. The first-order valence-corrected chi connectivity index (χ1v) is 5.38. The molecule has 92 valence electrons. The van der Waals surface area contributed by atoms with E-state index in [1.807, 2.05) is 18.0 Å². The first kappa shape index (κ1) is 12.0. The van der Waals surface area contributed by atoms with Gasteiger partial charge in [0.25, 0.3) is 0 Å². The van der Waals surface area contributed by atoms with Gasteiger partial charge >= 0.3 is 0 Å². The van der Waals surface area contributed by atoms with Gasteiger partial charge < -0.3 is 10.2 Å². The molecule has 2 rings (SSSR count). The average Bonchev–Trinajstić information content (AvgIpc) is 2.38. The van der Waals surface area contributed by atoms with Crippen molar-refractivity contribution in [3.63, 3.8) is 0 Å². The van der Waals surface area contributed by atoms with Crippen LogP contribution in [0.3, 0.4) is 0 Å². The van der Waals surface area contributed by atoms with E-state index in [2.05, 4.69) is 20.3 Å². The third-order valence-corrected chi connectivity index (χ3v) is 2.37. The Kier molecular flexibility index (Phi) is 3.47. The summed E-state index contributed by atoms with van der Waals surface area (Å²) >= 11 is 0. The van der Waals surface area contributed by atoms with E-state index in [0.717, 1.165) is 11.4 Å². The van der Waals surface area contributed by atoms with E-state index in [1.54, 1.807) is 24.8 Å². The standard InChI is InChI=1S/C12H13N5O/c1-9(18)16-10-3-11(5-13-4-10)17(2)12-6-14-8-15-7-12/h3-8H,1-2H3,(H,16,18). The lowest BCUT2D eigenvalue weighted by Crippen LogP contribution is -2.12. The summed E-state index contributed by atoms with van der Waals surface area (Å²) in [6.45, 7) is 1.46. The van der Waals surface area contributed by atoms with Gasteiger partial charge in [0, 0.05) is 14.0 Å². The van der Waals surface area contributed by atoms with Crippen LogP contribution in [0.4, 0.5) is 17.1 Å². The fourth-order valence-electron chi connectivity index (χ4n) is 1.50. The zero-order valence-electron chi connectivity index (χ0n) is 10.2. The summed E-state index contributed by atoms with van der Waals surface area (Å²) in [5.41, 5.74) is 2.35. The molecule has 0 fully saturated rings. The number of pyridine rings is 1. The van der Waals surface area contributed by atoms with Crippen LogP contribution in [-0.4, -0.2) is 27.9 Å². The van der Waals surface area contributed by atoms with Crippen molar-refractivity contribution in [3.05, 3.63) is 37.2 Å². The number of nitrogens with one attached hydrogen (secondary N) is 1. The summed E-state index contributed by atoms with van der Waals surface area (Å²) < 4.78 is 0. The SMILES string of the molecule is CC(=O)Nc1cncc(N(C)c2cncnc2)c1. The fourth-order valence-corrected chi connectivity index (χ4v) is 1.50. The lowest BCUT2D eigenvalue weighted by molar-refractivity contribution is -0.114. The van der Waals surface area contributed by atoms with Crippen molar-refractivity contribution in [2.75, 3.05) is 17.3 Å². The van der Waals surface area contributed by atoms with Crippen molar-refractivity contribution in [1.82, 2.24) is 15.0 Å². The predicted octanol–water partition coefficient (Wildman–Crippen LogP) is 1.60. The normalized spacial score (nSPS) is 9.89. The van der Waals surface area contributed by atoms with Crippen LogP contribution < -0.4 is 10.2 Å². The molecule has 0 aromatic carbocycles. The summed E-state index contributed by atoms with van der Waals surface area (Å²) in [6, 6.07) is 1.83. The van der Waals surface area contributed by atoms with E-state index in [1.165, 1.54) is 13.3 Å². The van der Waals surface area contributed by atoms with Gasteiger partial charge in [0.1, 0.15) is 6.33 Å². The van der Waals surface area contributed by atoms with E-state index in [4.69, 9.17) is 0 Å². The Morgan fingerprint density at radius 2 is 1.78 bits per heavy atom. The van der Waals surface area contributed by atoms with Gasteiger partial charge in [0.05, 0.1) is 41.8 Å². The molecule has 2 aromatic heterocycles. The molecule has 0 atom stereocenters. The average molecular weight is 243 g/mol. The van der Waals surface area contributed by atoms with Crippen molar-refractivity contribution >= 4 is 23.0 Å². The number of carbonyl (C=O) groups is 1. The smallest absolute Gasteiger partial charge is 0.221 e. The molecule has 2 aromatic rings. The van der Waals surface area contributed by atoms with Crippen LogP contribution in [-0.2, 0) is 4.79 Å². The van der Waals surface area contributed by atoms with Crippen LogP contribution in [0.5, 0.6) is 0 Å². The summed E-state index contributed by atoms with van der Waals surface area (Å²) in [4.78, 5) is 24.9. The Hall–Kier alpha value is -2.50. The van der Waals surface area contributed by atoms with Crippen LogP contribution >= 0.6 is 0 Å². The van der Waals surface area contributed by atoms with Crippen molar-refractivity contribution in [2.45, 2.75) is 6.92 Å². The van der Waals surface area contributed by atoms with Crippen LogP contribution in [0.2, 0.25) is 0 Å². The summed E-state index contributed by atoms with van der Waals surface area (Å²) in [5, 5.41) is 2.69. The number of anilines is 3. The Morgan fingerprint density at radius 1 is 1.11 bits per heavy atom. The highest BCUT2D eigenvalue weighted by molar-refractivity contribution is 5.89. The highest BCUT2D eigenvalue weighted by Gasteiger charge is 2.06. The Morgan fingerprint density at radius 3 is 2.44 bits per heavy atom. The number of amides is 1. The summed E-state index contributed by atoms with van der Waals surface area (Å²) in [6.07, 6.45) is 8.19. The van der Waals surface area contributed by atoms with Crippen molar-refractivity contribution < 1.29 is 4.79 Å². The second kappa shape index (κ2) is 5.22. The minimum atomic E-state index is -0.125. The largest absolute Gasteiger partial charge is 0.341 e. The molecule has 0 aliphatic carbocycles. The molecule has 0 saturated carbocycles. The van der Waals surface area contributed by atoms with Crippen LogP contribution in [0.1, 0.15) is 6.92 Å². The van der Waals surface area contributed by atoms with Crippen LogP contribution in [0.25, 0.3) is 0 Å². The maximum absolute atomic E-state index is 11.0. The number of hydrogen-bond acceptors (Lipinski definition) is 5. The Balaban J connectivity index is 2.25. The van der Waals surface area contributed by atoms with E-state index < -0.39 is 0 Å². The quantitative estimate of drug-likeness (QED) is 0.886. The van der Waals surface area contributed by atoms with Gasteiger partial charge in [0.2, 0.25) is 5.91 Å². The number of nitrogens with zero attached hydrogens (tertiary/aromatic N) is 4. The molecule has 1 N–H and O–H groups in total. The molecular weight excluding hydrogens is 230 g/mol. The second-order valence-corrected chi connectivity index (χ2v) is 3.77. The molecule has 6 nitrogen and oxygen atoms in total. The highest BCUT2D eigenvalue weighted by atomic mass is 16.1. The monoisotopic (exact) mass is 243 g/mol. The molecule has 0 aliphatic heterocycles. The molecule has 0 radical (unpaired) electrons. The minimum Gasteiger partial charge on any atom is -0.341 e. The number of rotatable bonds is 3. The van der Waals surface area contributed by atoms with E-state index in [9.17, 15) is 4.79 Å². The number of carbonyl (C=O) groups excluding carboxylic acids is 1. The molecule has 0 unspecified atom stereocenters. The maximum atomic E-state index is 11.0. The maximum Gasteiger partial charge on any atom is 0.221 e. The van der Waals surface area contributed by atoms with E-state index in [-0.39, 0.29) is 5.91 Å². The molecule has 0 bridgehead atoms. The van der Waals surface area contributed by atoms with Gasteiger partial charge in [-0.2, -0.15) is 0 Å². The van der Waals surface area contributed by atoms with E-state index in [0.29, 0.717) is 5.69 Å². The van der Waals surface area contributed by atoms with E-state index >= 15 is 0 Å². The van der Waals surface area contributed by atoms with Gasteiger partial charge in [-0.1, -0.05) is 0 Å². The summed E-state index contributed by atoms with van der Waals surface area (Å²) in [7, 11) is 1.88. The fraction of sp³-hybridized carbons (Fsp3) is 0.167. The molecular formula is C12H13N5O. The third-order valence-electron chi connectivity index (χ3n) is 2.37. The molecule has 2 heterocycles. The number of hydrogen-bond donors (Lipinski definition) is 1. The predicted molar refractivity (Wildman–Crippen MR) is 68.6 cm³/mol. The van der Waals surface area contributed by atoms with Gasteiger partial charge in [-0.15, -0.1) is 0 Å². The van der Waals surface area contributed by atoms with Crippen LogP contribution in [0, 0.1) is 0 Å². The van der Waals surface area contributed by atoms with Gasteiger partial charge in [-0.05, 0) is 6.07 Å². The molecule has 0 aliphatic rings. The van der Waals surface area contributed by atoms with Crippen LogP contribution in [0.15, 0.2) is 37.2 Å². The van der Waals surface area contributed by atoms with Crippen molar-refractivity contribution in [2.24, 2.45) is 0 Å². The topological polar surface area (TPSA) is 71.0 Å². The summed E-state index contributed by atoms with van der Waals surface area (Å²) in [5.74, 6) is -0.125. The van der Waals surface area contributed by atoms with Gasteiger partial charge in [-0.3, -0.25) is 9.78 Å². The minimum absolute atomic E-state index is 0.125. The lowest BCUT2D eigenvalue weighted by Gasteiger charge is -2.18. The van der Waals surface area contributed by atoms with Crippen molar-refractivity contribution in [1.29, 1.82) is 0 Å². The molecule has 6 heteroatoms. The molecule has 1 amide bonds. The Labute approximate surface area is 105 Å². The third kappa shape index (κ3) is 2.79. The zero-order chi connectivity index (χ0) is 13.0. The number of aromatic nitrogens is 3. The second-order valence-electron chi connectivity index (χ2n) is 3.77. The first-order chi connectivity index (χ1) is 8.66. The highest BCUT2D eigenvalue weighted by Crippen LogP contribution is 2.23. The molecule has 0 saturated heterocycles. The molecule has 18 heavy (non-hydrogen) atoms. The van der Waals surface area contributed by atoms with Crippen molar-refractivity contribution in [3.8, 4) is 0 Å². The first-order valence-electron chi connectivity index (χ1n) is 5.38. The zero-order valence-corrected chi connectivity index (χ0v) is 10.2. The lowest BCUT2D eigenvalue weighted by atomic mass is 10.3. The van der Waals surface area contributed by atoms with Gasteiger partial charge in [-0.25, -0.2) is 9.97 Å².